The second kappa shape index (κ2) is 3.79. The lowest BCUT2D eigenvalue weighted by molar-refractivity contribution is 0.110. The molecule has 2 unspecified atom stereocenters. The van der Waals surface area contributed by atoms with Crippen LogP contribution in [0.1, 0.15) is 74.1 Å². The second-order valence-corrected chi connectivity index (χ2v) is 6.94. The molecule has 0 N–H and O–H groups in total. The Hall–Kier alpha value is 0. The summed E-state index contributed by atoms with van der Waals surface area (Å²) in [6.07, 6.45) is 5.50. The summed E-state index contributed by atoms with van der Waals surface area (Å²) in [7, 11) is 0. The normalized spacial score (nSPS) is 36.0. The molecule has 90 valence electrons. The van der Waals surface area contributed by atoms with Gasteiger partial charge in [-0.25, -0.2) is 0 Å². The maximum atomic E-state index is 2.53. The minimum Gasteiger partial charge on any atom is -0.0648 e. The largest absolute Gasteiger partial charge is 0.0648 e. The average molecular weight is 210 g/mol. The highest BCUT2D eigenvalue weighted by Gasteiger charge is 2.67. The summed E-state index contributed by atoms with van der Waals surface area (Å²) in [4.78, 5) is 0. The van der Waals surface area contributed by atoms with Crippen LogP contribution >= 0.6 is 0 Å². The van der Waals surface area contributed by atoms with E-state index in [1.807, 2.05) is 0 Å². The molecule has 0 nitrogen and oxygen atoms in total. The smallest absolute Gasteiger partial charge is 0.0213 e. The van der Waals surface area contributed by atoms with E-state index in [0.717, 1.165) is 5.92 Å². The molecule has 0 saturated heterocycles. The maximum absolute atomic E-state index is 2.53. The van der Waals surface area contributed by atoms with Crippen molar-refractivity contribution >= 4 is 0 Å². The van der Waals surface area contributed by atoms with Gasteiger partial charge in [-0.05, 0) is 35.0 Å². The number of hydrogen-bond donors (Lipinski definition) is 0. The standard InChI is InChI=1S/C15H30/c1-8-13(5,9-2)15(7)11-14(15,6)10-12(3)4/h12H,8-11H2,1-7H3. The Bertz CT molecular complexity index is 224. The first-order chi connectivity index (χ1) is 6.74. The second-order valence-electron chi connectivity index (χ2n) is 6.94. The molecule has 1 rings (SSSR count). The molecule has 0 radical (unpaired) electrons. The van der Waals surface area contributed by atoms with Gasteiger partial charge in [0, 0.05) is 0 Å². The van der Waals surface area contributed by atoms with E-state index in [2.05, 4.69) is 48.5 Å². The molecule has 0 aromatic heterocycles. The highest BCUT2D eigenvalue weighted by molar-refractivity contribution is 5.15. The molecule has 1 fully saturated rings. The van der Waals surface area contributed by atoms with Crippen LogP contribution in [0.5, 0.6) is 0 Å². The first kappa shape index (κ1) is 13.1. The third-order valence-electron chi connectivity index (χ3n) is 5.70. The summed E-state index contributed by atoms with van der Waals surface area (Å²) in [5, 5.41) is 0. The zero-order chi connectivity index (χ0) is 11.9. The molecule has 15 heavy (non-hydrogen) atoms. The summed E-state index contributed by atoms with van der Waals surface area (Å²) in [5.74, 6) is 0.842. The molecule has 0 heteroatoms. The molecule has 1 saturated carbocycles. The first-order valence-corrected chi connectivity index (χ1v) is 6.74. The van der Waals surface area contributed by atoms with E-state index < -0.39 is 0 Å². The van der Waals surface area contributed by atoms with E-state index >= 15 is 0 Å². The van der Waals surface area contributed by atoms with E-state index in [9.17, 15) is 0 Å². The van der Waals surface area contributed by atoms with Crippen molar-refractivity contribution in [1.82, 2.24) is 0 Å². The number of rotatable bonds is 5. The fourth-order valence-electron chi connectivity index (χ4n) is 3.91. The van der Waals surface area contributed by atoms with Crippen LogP contribution in [0.15, 0.2) is 0 Å². The van der Waals surface area contributed by atoms with Crippen LogP contribution < -0.4 is 0 Å². The lowest BCUT2D eigenvalue weighted by Crippen LogP contribution is -2.30. The Labute approximate surface area is 96.8 Å². The van der Waals surface area contributed by atoms with Crippen molar-refractivity contribution < 1.29 is 0 Å². The first-order valence-electron chi connectivity index (χ1n) is 6.74. The zero-order valence-corrected chi connectivity index (χ0v) is 11.9. The molecule has 0 heterocycles. The van der Waals surface area contributed by atoms with Crippen molar-refractivity contribution in [2.24, 2.45) is 22.2 Å². The van der Waals surface area contributed by atoms with Gasteiger partial charge in [-0.3, -0.25) is 0 Å². The van der Waals surface area contributed by atoms with Crippen LogP contribution in [-0.2, 0) is 0 Å². The molecule has 1 aliphatic rings. The molecule has 0 aliphatic heterocycles. The topological polar surface area (TPSA) is 0 Å². The van der Waals surface area contributed by atoms with Gasteiger partial charge in [0.05, 0.1) is 0 Å². The quantitative estimate of drug-likeness (QED) is 0.579. The van der Waals surface area contributed by atoms with Crippen molar-refractivity contribution in [2.45, 2.75) is 74.1 Å². The summed E-state index contributed by atoms with van der Waals surface area (Å²) in [6, 6.07) is 0. The Kier molecular flexibility index (Phi) is 3.30. The van der Waals surface area contributed by atoms with Gasteiger partial charge < -0.3 is 0 Å². The van der Waals surface area contributed by atoms with E-state index in [0.29, 0.717) is 16.2 Å². The Morgan fingerprint density at radius 2 is 1.60 bits per heavy atom. The lowest BCUT2D eigenvalue weighted by atomic mass is 9.66. The highest BCUT2D eigenvalue weighted by Crippen LogP contribution is 2.75. The molecule has 0 aromatic carbocycles. The van der Waals surface area contributed by atoms with Crippen LogP contribution in [0.2, 0.25) is 0 Å². The van der Waals surface area contributed by atoms with Crippen LogP contribution in [-0.4, -0.2) is 0 Å². The van der Waals surface area contributed by atoms with Gasteiger partial charge >= 0.3 is 0 Å². The summed E-state index contributed by atoms with van der Waals surface area (Å²) >= 11 is 0. The molecule has 0 spiro atoms. The molecule has 0 aromatic rings. The third-order valence-corrected chi connectivity index (χ3v) is 5.70. The van der Waals surface area contributed by atoms with Gasteiger partial charge in [0.15, 0.2) is 0 Å². The van der Waals surface area contributed by atoms with E-state index in [1.165, 1.54) is 25.7 Å². The predicted molar refractivity (Wildman–Crippen MR) is 69.0 cm³/mol. The van der Waals surface area contributed by atoms with E-state index in [-0.39, 0.29) is 0 Å². The van der Waals surface area contributed by atoms with Gasteiger partial charge in [0.2, 0.25) is 0 Å². The molecular formula is C15H30. The summed E-state index contributed by atoms with van der Waals surface area (Å²) < 4.78 is 0. The zero-order valence-electron chi connectivity index (χ0n) is 11.9. The summed E-state index contributed by atoms with van der Waals surface area (Å²) in [6.45, 7) is 17.0. The Balaban J connectivity index is 2.80. The summed E-state index contributed by atoms with van der Waals surface area (Å²) in [5.41, 5.74) is 1.76. The van der Waals surface area contributed by atoms with Gasteiger partial charge in [-0.1, -0.05) is 61.3 Å². The number of hydrogen-bond acceptors (Lipinski definition) is 0. The lowest BCUT2D eigenvalue weighted by Gasteiger charge is -2.38. The van der Waals surface area contributed by atoms with Gasteiger partial charge in [-0.2, -0.15) is 0 Å². The van der Waals surface area contributed by atoms with Crippen LogP contribution in [0, 0.1) is 22.2 Å². The maximum Gasteiger partial charge on any atom is -0.0213 e. The monoisotopic (exact) mass is 210 g/mol. The van der Waals surface area contributed by atoms with Crippen LogP contribution in [0.25, 0.3) is 0 Å². The minimum absolute atomic E-state index is 0.552. The minimum atomic E-state index is 0.552. The Morgan fingerprint density at radius 3 is 1.93 bits per heavy atom. The van der Waals surface area contributed by atoms with Gasteiger partial charge in [0.25, 0.3) is 0 Å². The van der Waals surface area contributed by atoms with Gasteiger partial charge in [0.1, 0.15) is 0 Å². The molecular weight excluding hydrogens is 180 g/mol. The van der Waals surface area contributed by atoms with Crippen LogP contribution in [0.4, 0.5) is 0 Å². The van der Waals surface area contributed by atoms with Crippen molar-refractivity contribution in [3.8, 4) is 0 Å². The fraction of sp³-hybridized carbons (Fsp3) is 1.00. The molecule has 0 bridgehead atoms. The van der Waals surface area contributed by atoms with Crippen molar-refractivity contribution in [3.63, 3.8) is 0 Å². The van der Waals surface area contributed by atoms with E-state index in [1.54, 1.807) is 0 Å². The van der Waals surface area contributed by atoms with Crippen molar-refractivity contribution in [2.75, 3.05) is 0 Å². The van der Waals surface area contributed by atoms with Crippen LogP contribution in [0.3, 0.4) is 0 Å². The van der Waals surface area contributed by atoms with Crippen molar-refractivity contribution in [3.05, 3.63) is 0 Å². The van der Waals surface area contributed by atoms with Crippen molar-refractivity contribution in [1.29, 1.82) is 0 Å². The highest BCUT2D eigenvalue weighted by atomic mass is 14.7. The molecule has 1 aliphatic carbocycles. The van der Waals surface area contributed by atoms with E-state index in [4.69, 9.17) is 0 Å². The molecule has 0 amide bonds. The SMILES string of the molecule is CCC(C)(CC)C1(C)CC1(C)CC(C)C. The Morgan fingerprint density at radius 1 is 1.13 bits per heavy atom. The predicted octanol–water partition coefficient (Wildman–Crippen LogP) is 5.28. The van der Waals surface area contributed by atoms with Gasteiger partial charge in [-0.15, -0.1) is 0 Å². The fourth-order valence-corrected chi connectivity index (χ4v) is 3.91. The average Bonchev–Trinajstić information content (AvgIpc) is 2.67. The molecule has 2 atom stereocenters. The third kappa shape index (κ3) is 1.85.